The Labute approximate surface area is 94.8 Å². The third-order valence-corrected chi connectivity index (χ3v) is 2.53. The summed E-state index contributed by atoms with van der Waals surface area (Å²) in [6, 6.07) is 4.09. The van der Waals surface area contributed by atoms with Crippen LogP contribution in [0.4, 0.5) is 4.39 Å². The molecule has 1 atom stereocenters. The van der Waals surface area contributed by atoms with E-state index in [9.17, 15) is 9.50 Å². The molecule has 0 radical (unpaired) electrons. The number of halogens is 1. The molecule has 0 aliphatic carbocycles. The number of ether oxygens (including phenoxy) is 2. The zero-order valence-corrected chi connectivity index (χ0v) is 9.79. The average molecular weight is 228 g/mol. The molecule has 0 spiro atoms. The third-order valence-electron chi connectivity index (χ3n) is 2.53. The normalized spacial score (nSPS) is 14.6. The molecule has 0 heterocycles. The van der Waals surface area contributed by atoms with Crippen molar-refractivity contribution in [3.63, 3.8) is 0 Å². The summed E-state index contributed by atoms with van der Waals surface area (Å²) in [5.74, 6) is 0.0796. The molecule has 0 aliphatic heterocycles. The van der Waals surface area contributed by atoms with Gasteiger partial charge < -0.3 is 14.6 Å². The van der Waals surface area contributed by atoms with Crippen molar-refractivity contribution in [1.82, 2.24) is 0 Å². The average Bonchev–Trinajstić information content (AvgIpc) is 2.26. The first-order valence-corrected chi connectivity index (χ1v) is 5.06. The number of methoxy groups -OCH3 is 2. The van der Waals surface area contributed by atoms with E-state index in [4.69, 9.17) is 9.47 Å². The van der Waals surface area contributed by atoms with Crippen LogP contribution in [0.1, 0.15) is 18.9 Å². The van der Waals surface area contributed by atoms with Crippen LogP contribution in [0.3, 0.4) is 0 Å². The predicted octanol–water partition coefficient (Wildman–Crippen LogP) is 2.08. The minimum Gasteiger partial charge on any atom is -0.496 e. The maximum atomic E-state index is 13.1. The van der Waals surface area contributed by atoms with Gasteiger partial charge in [0.15, 0.2) is 0 Å². The molecule has 0 saturated carbocycles. The highest BCUT2D eigenvalue weighted by Gasteiger charge is 2.26. The van der Waals surface area contributed by atoms with Crippen LogP contribution in [0.5, 0.6) is 5.75 Å². The first kappa shape index (κ1) is 12.9. The van der Waals surface area contributed by atoms with E-state index in [-0.39, 0.29) is 0 Å². The van der Waals surface area contributed by atoms with Crippen LogP contribution in [0, 0.1) is 5.82 Å². The molecule has 0 bridgehead atoms. The van der Waals surface area contributed by atoms with Crippen LogP contribution in [-0.4, -0.2) is 25.9 Å². The molecule has 0 aliphatic rings. The maximum absolute atomic E-state index is 13.1. The van der Waals surface area contributed by atoms with Gasteiger partial charge >= 0.3 is 0 Å². The summed E-state index contributed by atoms with van der Waals surface area (Å²) in [7, 11) is 3.04. The molecule has 0 aromatic heterocycles. The monoisotopic (exact) mass is 228 g/mol. The molecule has 3 nitrogen and oxygen atoms in total. The molecule has 1 aromatic carbocycles. The summed E-state index contributed by atoms with van der Waals surface area (Å²) in [4.78, 5) is 0. The lowest BCUT2D eigenvalue weighted by atomic mass is 9.92. The molecule has 1 unspecified atom stereocenters. The van der Waals surface area contributed by atoms with E-state index >= 15 is 0 Å². The van der Waals surface area contributed by atoms with Gasteiger partial charge in [0, 0.05) is 25.7 Å². The zero-order valence-electron chi connectivity index (χ0n) is 9.79. The number of hydrogen-bond donors (Lipinski definition) is 1. The van der Waals surface area contributed by atoms with Crippen LogP contribution >= 0.6 is 0 Å². The summed E-state index contributed by atoms with van der Waals surface area (Å²) >= 11 is 0. The standard InChI is InChI=1S/C12H17FO3/c1-12(14,6-7-15-2)10-8-9(13)4-5-11(10)16-3/h4-5,8,14H,6-7H2,1-3H3. The van der Waals surface area contributed by atoms with Gasteiger partial charge in [-0.2, -0.15) is 0 Å². The topological polar surface area (TPSA) is 38.7 Å². The van der Waals surface area contributed by atoms with E-state index in [2.05, 4.69) is 0 Å². The fourth-order valence-electron chi connectivity index (χ4n) is 1.54. The number of rotatable bonds is 5. The van der Waals surface area contributed by atoms with E-state index in [0.29, 0.717) is 24.3 Å². The first-order chi connectivity index (χ1) is 7.51. The number of benzene rings is 1. The van der Waals surface area contributed by atoms with Crippen molar-refractivity contribution in [2.24, 2.45) is 0 Å². The lowest BCUT2D eigenvalue weighted by Gasteiger charge is -2.25. The maximum Gasteiger partial charge on any atom is 0.125 e. The van der Waals surface area contributed by atoms with Crippen LogP contribution < -0.4 is 4.74 Å². The van der Waals surface area contributed by atoms with E-state index in [1.54, 1.807) is 14.0 Å². The van der Waals surface area contributed by atoms with Gasteiger partial charge in [-0.25, -0.2) is 4.39 Å². The second kappa shape index (κ2) is 5.27. The first-order valence-electron chi connectivity index (χ1n) is 5.06. The Hall–Kier alpha value is -1.13. The molecule has 4 heteroatoms. The molecule has 1 N–H and O–H groups in total. The van der Waals surface area contributed by atoms with Gasteiger partial charge in [-0.1, -0.05) is 0 Å². The highest BCUT2D eigenvalue weighted by molar-refractivity contribution is 5.38. The molecular weight excluding hydrogens is 211 g/mol. The molecule has 16 heavy (non-hydrogen) atoms. The summed E-state index contributed by atoms with van der Waals surface area (Å²) in [6.45, 7) is 2.01. The summed E-state index contributed by atoms with van der Waals surface area (Å²) < 4.78 is 23.1. The Balaban J connectivity index is 3.04. The quantitative estimate of drug-likeness (QED) is 0.838. The Morgan fingerprint density at radius 3 is 2.62 bits per heavy atom. The minimum absolute atomic E-state index is 0.378. The van der Waals surface area contributed by atoms with Gasteiger partial charge in [-0.15, -0.1) is 0 Å². The fraction of sp³-hybridized carbons (Fsp3) is 0.500. The second-order valence-corrected chi connectivity index (χ2v) is 3.86. The summed E-state index contributed by atoms with van der Waals surface area (Å²) in [6.07, 6.45) is 0.378. The van der Waals surface area contributed by atoms with Crippen LogP contribution in [0.15, 0.2) is 18.2 Å². The van der Waals surface area contributed by atoms with Crippen molar-refractivity contribution < 1.29 is 19.0 Å². The minimum atomic E-state index is -1.16. The van der Waals surface area contributed by atoms with Gasteiger partial charge in [-0.3, -0.25) is 0 Å². The van der Waals surface area contributed by atoms with Gasteiger partial charge in [0.25, 0.3) is 0 Å². The Bertz CT molecular complexity index is 350. The van der Waals surface area contributed by atoms with E-state index in [1.165, 1.54) is 25.3 Å². The van der Waals surface area contributed by atoms with Crippen molar-refractivity contribution in [3.8, 4) is 5.75 Å². The summed E-state index contributed by atoms with van der Waals surface area (Å²) in [5.41, 5.74) is -0.726. The Kier molecular flexibility index (Phi) is 4.26. The van der Waals surface area contributed by atoms with E-state index < -0.39 is 11.4 Å². The molecule has 0 fully saturated rings. The molecule has 1 aromatic rings. The summed E-state index contributed by atoms with van der Waals surface area (Å²) in [5, 5.41) is 10.2. The van der Waals surface area contributed by atoms with Crippen molar-refractivity contribution in [2.45, 2.75) is 18.9 Å². The van der Waals surface area contributed by atoms with Gasteiger partial charge in [0.05, 0.1) is 12.7 Å². The van der Waals surface area contributed by atoms with Crippen molar-refractivity contribution in [1.29, 1.82) is 0 Å². The smallest absolute Gasteiger partial charge is 0.125 e. The van der Waals surface area contributed by atoms with Crippen LogP contribution in [0.2, 0.25) is 0 Å². The Morgan fingerprint density at radius 2 is 2.06 bits per heavy atom. The lowest BCUT2D eigenvalue weighted by molar-refractivity contribution is 0.0189. The van der Waals surface area contributed by atoms with Gasteiger partial charge in [0.1, 0.15) is 11.6 Å². The molecular formula is C12H17FO3. The SMILES string of the molecule is COCCC(C)(O)c1cc(F)ccc1OC. The Morgan fingerprint density at radius 1 is 1.38 bits per heavy atom. The third kappa shape index (κ3) is 2.93. The predicted molar refractivity (Wildman–Crippen MR) is 59.0 cm³/mol. The largest absolute Gasteiger partial charge is 0.496 e. The van der Waals surface area contributed by atoms with Gasteiger partial charge in [-0.05, 0) is 25.1 Å². The highest BCUT2D eigenvalue weighted by Crippen LogP contribution is 2.32. The number of aliphatic hydroxyl groups is 1. The lowest BCUT2D eigenvalue weighted by Crippen LogP contribution is -2.24. The second-order valence-electron chi connectivity index (χ2n) is 3.86. The fourth-order valence-corrected chi connectivity index (χ4v) is 1.54. The molecule has 0 saturated heterocycles. The van der Waals surface area contributed by atoms with Crippen molar-refractivity contribution in [2.75, 3.05) is 20.8 Å². The van der Waals surface area contributed by atoms with E-state index in [1.807, 2.05) is 0 Å². The molecule has 0 amide bonds. The highest BCUT2D eigenvalue weighted by atomic mass is 19.1. The van der Waals surface area contributed by atoms with Crippen LogP contribution in [0.25, 0.3) is 0 Å². The molecule has 1 rings (SSSR count). The van der Waals surface area contributed by atoms with Crippen molar-refractivity contribution in [3.05, 3.63) is 29.6 Å². The van der Waals surface area contributed by atoms with Crippen molar-refractivity contribution >= 4 is 0 Å². The van der Waals surface area contributed by atoms with E-state index in [0.717, 1.165) is 0 Å². The number of hydrogen-bond acceptors (Lipinski definition) is 3. The van der Waals surface area contributed by atoms with Crippen LogP contribution in [-0.2, 0) is 10.3 Å². The zero-order chi connectivity index (χ0) is 12.2. The van der Waals surface area contributed by atoms with Gasteiger partial charge in [0.2, 0.25) is 0 Å². The molecule has 90 valence electrons.